The van der Waals surface area contributed by atoms with Gasteiger partial charge in [0.05, 0.1) is 5.69 Å². The van der Waals surface area contributed by atoms with Gasteiger partial charge in [-0.3, -0.25) is 0 Å². The molecule has 22 heavy (non-hydrogen) atoms. The summed E-state index contributed by atoms with van der Waals surface area (Å²) in [5.74, 6) is 1.62. The van der Waals surface area contributed by atoms with Crippen LogP contribution >= 0.6 is 0 Å². The predicted octanol–water partition coefficient (Wildman–Crippen LogP) is 2.85. The fraction of sp³-hybridized carbons (Fsp3) is 0.250. The van der Waals surface area contributed by atoms with Crippen LogP contribution in [0.1, 0.15) is 30.0 Å². The van der Waals surface area contributed by atoms with E-state index in [9.17, 15) is 0 Å². The summed E-state index contributed by atoms with van der Waals surface area (Å²) in [6, 6.07) is 10.3. The van der Waals surface area contributed by atoms with E-state index in [-0.39, 0.29) is 6.04 Å². The van der Waals surface area contributed by atoms with Crippen molar-refractivity contribution in [1.29, 1.82) is 0 Å². The molecule has 0 bridgehead atoms. The van der Waals surface area contributed by atoms with Crippen LogP contribution in [0.5, 0.6) is 0 Å². The molecule has 0 spiro atoms. The van der Waals surface area contributed by atoms with Gasteiger partial charge < -0.3 is 5.32 Å². The number of hydrogen-bond donors (Lipinski definition) is 1. The first kappa shape index (κ1) is 14.2. The molecular weight excluding hydrogens is 276 g/mol. The van der Waals surface area contributed by atoms with Crippen LogP contribution in [0.3, 0.4) is 0 Å². The third kappa shape index (κ3) is 3.11. The van der Waals surface area contributed by atoms with E-state index in [0.29, 0.717) is 0 Å². The fourth-order valence-corrected chi connectivity index (χ4v) is 2.35. The van der Waals surface area contributed by atoms with E-state index in [2.05, 4.69) is 44.4 Å². The lowest BCUT2D eigenvalue weighted by Gasteiger charge is -2.16. The third-order valence-electron chi connectivity index (χ3n) is 3.41. The number of anilines is 1. The molecule has 1 aromatic carbocycles. The zero-order chi connectivity index (χ0) is 15.5. The highest BCUT2D eigenvalue weighted by Gasteiger charge is 2.08. The van der Waals surface area contributed by atoms with Gasteiger partial charge in [0.25, 0.3) is 0 Å². The van der Waals surface area contributed by atoms with Gasteiger partial charge in [-0.2, -0.15) is 5.10 Å². The van der Waals surface area contributed by atoms with Crippen molar-refractivity contribution in [2.75, 3.05) is 5.32 Å². The van der Waals surface area contributed by atoms with Crippen LogP contribution in [0.15, 0.2) is 43.0 Å². The molecule has 0 aliphatic carbocycles. The second kappa shape index (κ2) is 5.93. The lowest BCUT2D eigenvalue weighted by Crippen LogP contribution is -2.09. The van der Waals surface area contributed by atoms with Crippen LogP contribution in [0.2, 0.25) is 0 Å². The summed E-state index contributed by atoms with van der Waals surface area (Å²) in [5.41, 5.74) is 3.13. The molecule has 0 radical (unpaired) electrons. The van der Waals surface area contributed by atoms with Gasteiger partial charge in [0, 0.05) is 17.8 Å². The lowest BCUT2D eigenvalue weighted by atomic mass is 10.1. The molecule has 0 aliphatic heterocycles. The first-order valence-corrected chi connectivity index (χ1v) is 7.15. The molecule has 3 rings (SSSR count). The molecule has 1 unspecified atom stereocenters. The quantitative estimate of drug-likeness (QED) is 0.801. The van der Waals surface area contributed by atoms with Gasteiger partial charge in [0.2, 0.25) is 0 Å². The van der Waals surface area contributed by atoms with Gasteiger partial charge in [0.15, 0.2) is 0 Å². The van der Waals surface area contributed by atoms with Crippen LogP contribution in [0.4, 0.5) is 5.82 Å². The van der Waals surface area contributed by atoms with Crippen LogP contribution in [-0.4, -0.2) is 24.7 Å². The molecule has 2 aromatic heterocycles. The lowest BCUT2D eigenvalue weighted by molar-refractivity contribution is 0.852. The Morgan fingerprint density at radius 1 is 1.09 bits per heavy atom. The van der Waals surface area contributed by atoms with E-state index in [1.807, 2.05) is 32.0 Å². The number of nitrogens with zero attached hydrogens (tertiary/aromatic N) is 5. The summed E-state index contributed by atoms with van der Waals surface area (Å²) in [6.45, 7) is 5.98. The van der Waals surface area contributed by atoms with Crippen molar-refractivity contribution in [2.45, 2.75) is 26.8 Å². The molecule has 6 heteroatoms. The summed E-state index contributed by atoms with van der Waals surface area (Å²) in [6.07, 6.45) is 3.21. The second-order valence-electron chi connectivity index (χ2n) is 5.24. The van der Waals surface area contributed by atoms with Gasteiger partial charge in [0.1, 0.15) is 24.3 Å². The van der Waals surface area contributed by atoms with Crippen LogP contribution < -0.4 is 5.32 Å². The molecule has 112 valence electrons. The molecule has 1 N–H and O–H groups in total. The van der Waals surface area contributed by atoms with E-state index in [4.69, 9.17) is 0 Å². The molecule has 6 nitrogen and oxygen atoms in total. The monoisotopic (exact) mass is 294 g/mol. The molecule has 2 heterocycles. The average molecular weight is 294 g/mol. The number of benzene rings is 1. The van der Waals surface area contributed by atoms with E-state index in [1.165, 1.54) is 11.9 Å². The Hall–Kier alpha value is -2.76. The third-order valence-corrected chi connectivity index (χ3v) is 3.41. The Balaban J connectivity index is 1.76. The SMILES string of the molecule is Cc1cc(NC(C)c2ccc(-n3cncn3)cc2)nc(C)n1. The van der Waals surface area contributed by atoms with Gasteiger partial charge in [-0.05, 0) is 38.5 Å². The average Bonchev–Trinajstić information content (AvgIpc) is 3.00. The largest absolute Gasteiger partial charge is 0.363 e. The Labute approximate surface area is 129 Å². The van der Waals surface area contributed by atoms with Gasteiger partial charge >= 0.3 is 0 Å². The molecule has 0 saturated carbocycles. The summed E-state index contributed by atoms with van der Waals surface area (Å²) in [7, 11) is 0. The maximum absolute atomic E-state index is 4.41. The molecule has 0 fully saturated rings. The Kier molecular flexibility index (Phi) is 3.82. The zero-order valence-corrected chi connectivity index (χ0v) is 12.9. The van der Waals surface area contributed by atoms with Gasteiger partial charge in [-0.15, -0.1) is 0 Å². The van der Waals surface area contributed by atoms with E-state index in [1.54, 1.807) is 11.0 Å². The van der Waals surface area contributed by atoms with E-state index < -0.39 is 0 Å². The van der Waals surface area contributed by atoms with Crippen LogP contribution in [0.25, 0.3) is 5.69 Å². The van der Waals surface area contributed by atoms with Crippen molar-refractivity contribution in [2.24, 2.45) is 0 Å². The van der Waals surface area contributed by atoms with Crippen molar-refractivity contribution in [3.05, 3.63) is 60.1 Å². The smallest absolute Gasteiger partial charge is 0.138 e. The number of rotatable bonds is 4. The second-order valence-corrected chi connectivity index (χ2v) is 5.24. The topological polar surface area (TPSA) is 68.5 Å². The molecule has 1 atom stereocenters. The molecule has 0 saturated heterocycles. The highest BCUT2D eigenvalue weighted by atomic mass is 15.3. The van der Waals surface area contributed by atoms with Crippen molar-refractivity contribution >= 4 is 5.82 Å². The maximum Gasteiger partial charge on any atom is 0.138 e. The maximum atomic E-state index is 4.41. The number of aryl methyl sites for hydroxylation is 2. The highest BCUT2D eigenvalue weighted by Crippen LogP contribution is 2.19. The van der Waals surface area contributed by atoms with E-state index in [0.717, 1.165) is 23.0 Å². The number of hydrogen-bond acceptors (Lipinski definition) is 5. The fourth-order valence-electron chi connectivity index (χ4n) is 2.35. The zero-order valence-electron chi connectivity index (χ0n) is 12.9. The molecular formula is C16H18N6. The first-order chi connectivity index (χ1) is 10.6. The van der Waals surface area contributed by atoms with Crippen molar-refractivity contribution in [3.63, 3.8) is 0 Å². The summed E-state index contributed by atoms with van der Waals surface area (Å²) < 4.78 is 1.74. The van der Waals surface area contributed by atoms with Crippen molar-refractivity contribution < 1.29 is 0 Å². The number of aromatic nitrogens is 5. The normalized spacial score (nSPS) is 12.1. The van der Waals surface area contributed by atoms with Crippen molar-refractivity contribution in [3.8, 4) is 5.69 Å². The van der Waals surface area contributed by atoms with Gasteiger partial charge in [-0.1, -0.05) is 12.1 Å². The standard InChI is InChI=1S/C16H18N6/c1-11-8-16(21-13(3)19-11)20-12(2)14-4-6-15(7-5-14)22-10-17-9-18-22/h4-10,12H,1-3H3,(H,19,20,21). The Morgan fingerprint density at radius 3 is 2.50 bits per heavy atom. The predicted molar refractivity (Wildman–Crippen MR) is 84.9 cm³/mol. The van der Waals surface area contributed by atoms with Crippen molar-refractivity contribution in [1.82, 2.24) is 24.7 Å². The molecule has 3 aromatic rings. The molecule has 0 amide bonds. The van der Waals surface area contributed by atoms with Gasteiger partial charge in [-0.25, -0.2) is 19.6 Å². The number of nitrogens with one attached hydrogen (secondary N) is 1. The Bertz CT molecular complexity index is 729. The minimum atomic E-state index is 0.151. The van der Waals surface area contributed by atoms with E-state index >= 15 is 0 Å². The summed E-state index contributed by atoms with van der Waals surface area (Å²) >= 11 is 0. The first-order valence-electron chi connectivity index (χ1n) is 7.15. The molecule has 0 aliphatic rings. The Morgan fingerprint density at radius 2 is 1.86 bits per heavy atom. The summed E-state index contributed by atoms with van der Waals surface area (Å²) in [4.78, 5) is 12.7. The van der Waals surface area contributed by atoms with Crippen LogP contribution in [0, 0.1) is 13.8 Å². The minimum Gasteiger partial charge on any atom is -0.363 e. The summed E-state index contributed by atoms with van der Waals surface area (Å²) in [5, 5.41) is 7.53. The minimum absolute atomic E-state index is 0.151. The van der Waals surface area contributed by atoms with Crippen LogP contribution in [-0.2, 0) is 0 Å². The highest BCUT2D eigenvalue weighted by molar-refractivity contribution is 5.41.